The summed E-state index contributed by atoms with van der Waals surface area (Å²) in [7, 11) is 0. The Morgan fingerprint density at radius 2 is 2.35 bits per heavy atom. The number of nitrogens with one attached hydrogen (secondary N) is 1. The van der Waals surface area contributed by atoms with E-state index in [0.717, 1.165) is 5.01 Å². The molecule has 0 aliphatic rings. The lowest BCUT2D eigenvalue weighted by atomic mass is 10.1. The number of aromatic nitrogens is 3. The van der Waals surface area contributed by atoms with Crippen molar-refractivity contribution in [2.24, 2.45) is 0 Å². The average Bonchev–Trinajstić information content (AvgIpc) is 2.93. The van der Waals surface area contributed by atoms with Gasteiger partial charge in [0.1, 0.15) is 16.0 Å². The van der Waals surface area contributed by atoms with Crippen molar-refractivity contribution in [1.29, 1.82) is 0 Å². The molecular weight excluding hydrogens is 340 g/mol. The Morgan fingerprint density at radius 3 is 2.95 bits per heavy atom. The zero-order chi connectivity index (χ0) is 14.8. The number of terminal acetylenes is 1. The van der Waals surface area contributed by atoms with Gasteiger partial charge in [-0.3, -0.25) is 4.79 Å². The lowest BCUT2D eigenvalue weighted by Crippen LogP contribution is -2.31. The van der Waals surface area contributed by atoms with Crippen LogP contribution in [0.5, 0.6) is 0 Å². The topological polar surface area (TPSA) is 59.8 Å². The zero-order valence-electron chi connectivity index (χ0n) is 11.1. The fraction of sp³-hybridized carbons (Fsp3) is 0.308. The maximum Gasteiger partial charge on any atom is 0.284 e. The average molecular weight is 353 g/mol. The zero-order valence-corrected chi connectivity index (χ0v) is 13.5. The Balaban J connectivity index is 2.34. The summed E-state index contributed by atoms with van der Waals surface area (Å²) in [5.74, 6) is 2.39. The molecule has 0 bridgehead atoms. The lowest BCUT2D eigenvalue weighted by Gasteiger charge is -2.25. The van der Waals surface area contributed by atoms with E-state index in [-0.39, 0.29) is 12.1 Å². The van der Waals surface area contributed by atoms with Crippen molar-refractivity contribution in [2.45, 2.75) is 25.9 Å². The number of rotatable bonds is 4. The highest BCUT2D eigenvalue weighted by Gasteiger charge is 2.24. The predicted molar refractivity (Wildman–Crippen MR) is 83.8 cm³/mol. The van der Waals surface area contributed by atoms with Crippen LogP contribution in [0.25, 0.3) is 0 Å². The van der Waals surface area contributed by atoms with Crippen LogP contribution in [-0.2, 0) is 12.1 Å². The van der Waals surface area contributed by atoms with Gasteiger partial charge >= 0.3 is 0 Å². The SMILES string of the molecule is C#CCn1ncc(NC(C)(C)c2nccs2)c(Br)c1=O. The maximum atomic E-state index is 12.1. The van der Waals surface area contributed by atoms with Gasteiger partial charge in [0.05, 0.1) is 17.4 Å². The van der Waals surface area contributed by atoms with Crippen LogP contribution in [0.2, 0.25) is 0 Å². The predicted octanol–water partition coefficient (Wildman–Crippen LogP) is 2.44. The Bertz CT molecular complexity index is 700. The van der Waals surface area contributed by atoms with Gasteiger partial charge in [0, 0.05) is 11.6 Å². The molecule has 0 fully saturated rings. The van der Waals surface area contributed by atoms with Gasteiger partial charge < -0.3 is 5.32 Å². The first-order valence-electron chi connectivity index (χ1n) is 5.83. The number of halogens is 1. The number of hydrogen-bond acceptors (Lipinski definition) is 5. The van der Waals surface area contributed by atoms with Crippen LogP contribution in [0.1, 0.15) is 18.9 Å². The fourth-order valence-corrected chi connectivity index (χ4v) is 2.80. The van der Waals surface area contributed by atoms with E-state index in [9.17, 15) is 4.79 Å². The van der Waals surface area contributed by atoms with Gasteiger partial charge in [-0.2, -0.15) is 5.10 Å². The molecule has 104 valence electrons. The Morgan fingerprint density at radius 1 is 1.60 bits per heavy atom. The molecule has 20 heavy (non-hydrogen) atoms. The minimum Gasteiger partial charge on any atom is -0.371 e. The summed E-state index contributed by atoms with van der Waals surface area (Å²) in [5, 5.41) is 10.2. The normalized spacial score (nSPS) is 11.1. The summed E-state index contributed by atoms with van der Waals surface area (Å²) in [4.78, 5) is 16.4. The van der Waals surface area contributed by atoms with Gasteiger partial charge in [-0.25, -0.2) is 9.67 Å². The Hall–Kier alpha value is -1.65. The Kier molecular flexibility index (Phi) is 4.26. The van der Waals surface area contributed by atoms with Crippen LogP contribution in [0.15, 0.2) is 27.0 Å². The van der Waals surface area contributed by atoms with E-state index in [1.807, 2.05) is 19.2 Å². The molecule has 2 aromatic rings. The van der Waals surface area contributed by atoms with Crippen molar-refractivity contribution >= 4 is 33.0 Å². The molecule has 0 aromatic carbocycles. The van der Waals surface area contributed by atoms with Crippen LogP contribution in [0.4, 0.5) is 5.69 Å². The van der Waals surface area contributed by atoms with Crippen molar-refractivity contribution in [3.8, 4) is 12.3 Å². The van der Waals surface area contributed by atoms with Gasteiger partial charge in [-0.15, -0.1) is 17.8 Å². The van der Waals surface area contributed by atoms with Gasteiger partial charge in [-0.1, -0.05) is 5.92 Å². The largest absolute Gasteiger partial charge is 0.371 e. The van der Waals surface area contributed by atoms with Gasteiger partial charge in [0.25, 0.3) is 5.56 Å². The summed E-state index contributed by atoms with van der Waals surface area (Å²) in [5.41, 5.74) is -0.0466. The summed E-state index contributed by atoms with van der Waals surface area (Å²) < 4.78 is 1.64. The molecule has 0 spiro atoms. The maximum absolute atomic E-state index is 12.1. The number of anilines is 1. The highest BCUT2D eigenvalue weighted by atomic mass is 79.9. The Labute approximate surface area is 129 Å². The third-order valence-corrected chi connectivity index (χ3v) is 4.50. The minimum absolute atomic E-state index is 0.146. The van der Waals surface area contributed by atoms with Crippen molar-refractivity contribution in [3.63, 3.8) is 0 Å². The third-order valence-electron chi connectivity index (χ3n) is 2.64. The molecule has 0 aliphatic carbocycles. The van der Waals surface area contributed by atoms with Crippen molar-refractivity contribution in [2.75, 3.05) is 5.32 Å². The first-order chi connectivity index (χ1) is 9.45. The third kappa shape index (κ3) is 2.92. The van der Waals surface area contributed by atoms with Crippen LogP contribution in [-0.4, -0.2) is 14.8 Å². The summed E-state index contributed by atoms with van der Waals surface area (Å²) in [6, 6.07) is 0. The minimum atomic E-state index is -0.400. The number of thiazole rings is 1. The van der Waals surface area contributed by atoms with E-state index in [4.69, 9.17) is 6.42 Å². The highest BCUT2D eigenvalue weighted by Crippen LogP contribution is 2.29. The molecule has 7 heteroatoms. The van der Waals surface area contributed by atoms with Crippen LogP contribution >= 0.6 is 27.3 Å². The monoisotopic (exact) mass is 352 g/mol. The molecule has 0 saturated heterocycles. The first-order valence-corrected chi connectivity index (χ1v) is 7.50. The van der Waals surface area contributed by atoms with E-state index in [0.29, 0.717) is 10.2 Å². The molecule has 1 N–H and O–H groups in total. The molecule has 0 unspecified atom stereocenters. The molecule has 0 radical (unpaired) electrons. The lowest BCUT2D eigenvalue weighted by molar-refractivity contribution is 0.597. The summed E-state index contributed by atoms with van der Waals surface area (Å²) in [6.07, 6.45) is 8.53. The van der Waals surface area contributed by atoms with Crippen molar-refractivity contribution < 1.29 is 0 Å². The molecular formula is C13H13BrN4OS. The molecule has 0 aliphatic heterocycles. The molecule has 2 rings (SSSR count). The van der Waals surface area contributed by atoms with Gasteiger partial charge in [-0.05, 0) is 29.8 Å². The number of hydrogen-bond donors (Lipinski definition) is 1. The molecule has 5 nitrogen and oxygen atoms in total. The molecule has 0 saturated carbocycles. The second kappa shape index (κ2) is 5.77. The number of nitrogens with zero attached hydrogens (tertiary/aromatic N) is 3. The molecule has 2 aromatic heterocycles. The molecule has 0 atom stereocenters. The van der Waals surface area contributed by atoms with Crippen molar-refractivity contribution in [3.05, 3.63) is 37.6 Å². The molecule has 2 heterocycles. The van der Waals surface area contributed by atoms with E-state index in [1.54, 1.807) is 23.7 Å². The second-order valence-corrected chi connectivity index (χ2v) is 6.31. The fourth-order valence-electron chi connectivity index (χ4n) is 1.67. The smallest absolute Gasteiger partial charge is 0.284 e. The second-order valence-electron chi connectivity index (χ2n) is 4.63. The van der Waals surface area contributed by atoms with E-state index in [1.165, 1.54) is 4.68 Å². The van der Waals surface area contributed by atoms with E-state index < -0.39 is 5.54 Å². The van der Waals surface area contributed by atoms with Gasteiger partial charge in [0.2, 0.25) is 0 Å². The van der Waals surface area contributed by atoms with Gasteiger partial charge in [0.15, 0.2) is 0 Å². The van der Waals surface area contributed by atoms with Crippen LogP contribution in [0.3, 0.4) is 0 Å². The van der Waals surface area contributed by atoms with E-state index in [2.05, 4.69) is 37.2 Å². The van der Waals surface area contributed by atoms with E-state index >= 15 is 0 Å². The quantitative estimate of drug-likeness (QED) is 0.858. The van der Waals surface area contributed by atoms with Crippen LogP contribution < -0.4 is 10.9 Å². The summed E-state index contributed by atoms with van der Waals surface area (Å²) in [6.45, 7) is 4.13. The molecule has 0 amide bonds. The van der Waals surface area contributed by atoms with Crippen molar-refractivity contribution in [1.82, 2.24) is 14.8 Å². The first kappa shape index (κ1) is 14.8. The standard InChI is InChI=1S/C13H13BrN4OS/c1-4-6-18-11(19)10(14)9(8-16-18)17-13(2,3)12-15-5-7-20-12/h1,5,7-8,17H,6H2,2-3H3. The van der Waals surface area contributed by atoms with Crippen LogP contribution in [0, 0.1) is 12.3 Å². The highest BCUT2D eigenvalue weighted by molar-refractivity contribution is 9.10. The summed E-state index contributed by atoms with van der Waals surface area (Å²) >= 11 is 4.85.